The van der Waals surface area contributed by atoms with Crippen LogP contribution < -0.4 is 15.6 Å². The first-order chi connectivity index (χ1) is 12.2. The molecule has 1 N–H and O–H groups in total. The summed E-state index contributed by atoms with van der Waals surface area (Å²) in [5.41, 5.74) is 1.63. The molecule has 0 saturated heterocycles. The SMILES string of the molecule is COc1cccn2c(=O)c(C=O)c(Nc3ccc4ncoc4c3)nc12. The second-order valence-corrected chi connectivity index (χ2v) is 5.23. The Hall–Kier alpha value is -3.68. The Balaban J connectivity index is 1.90. The third-order valence-electron chi connectivity index (χ3n) is 3.79. The van der Waals surface area contributed by atoms with Crippen molar-refractivity contribution in [1.29, 1.82) is 0 Å². The highest BCUT2D eigenvalue weighted by Gasteiger charge is 2.15. The van der Waals surface area contributed by atoms with Crippen LogP contribution >= 0.6 is 0 Å². The maximum absolute atomic E-state index is 12.6. The predicted octanol–water partition coefficient (Wildman–Crippen LogP) is 2.40. The standard InChI is InChI=1S/C17H12N4O4/c1-24-13-3-2-6-21-16(13)20-15(11(8-22)17(21)23)19-10-4-5-12-14(7-10)25-9-18-12/h2-9,19H,1H3. The van der Waals surface area contributed by atoms with Gasteiger partial charge in [-0.3, -0.25) is 14.0 Å². The summed E-state index contributed by atoms with van der Waals surface area (Å²) >= 11 is 0. The van der Waals surface area contributed by atoms with Crippen LogP contribution in [0.1, 0.15) is 10.4 Å². The zero-order valence-electron chi connectivity index (χ0n) is 13.1. The number of aldehydes is 1. The molecule has 0 radical (unpaired) electrons. The van der Waals surface area contributed by atoms with E-state index in [0.717, 1.165) is 0 Å². The summed E-state index contributed by atoms with van der Waals surface area (Å²) in [6, 6.07) is 8.56. The molecule has 0 bridgehead atoms. The molecule has 0 atom stereocenters. The number of anilines is 2. The summed E-state index contributed by atoms with van der Waals surface area (Å²) in [5.74, 6) is 0.564. The molecule has 0 amide bonds. The minimum Gasteiger partial charge on any atom is -0.493 e. The number of hydrogen-bond donors (Lipinski definition) is 1. The molecule has 4 rings (SSSR count). The van der Waals surface area contributed by atoms with E-state index in [2.05, 4.69) is 15.3 Å². The van der Waals surface area contributed by atoms with Crippen molar-refractivity contribution in [3.05, 3.63) is 58.8 Å². The number of nitrogens with one attached hydrogen (secondary N) is 1. The number of carbonyl (C=O) groups excluding carboxylic acids is 1. The molecule has 0 aliphatic rings. The van der Waals surface area contributed by atoms with Gasteiger partial charge in [-0.05, 0) is 24.3 Å². The van der Waals surface area contributed by atoms with E-state index in [1.807, 2.05) is 0 Å². The molecule has 4 aromatic rings. The Labute approximate surface area is 140 Å². The van der Waals surface area contributed by atoms with E-state index in [4.69, 9.17) is 9.15 Å². The third-order valence-corrected chi connectivity index (χ3v) is 3.79. The number of carbonyl (C=O) groups is 1. The van der Waals surface area contributed by atoms with Crippen LogP contribution in [-0.4, -0.2) is 27.8 Å². The summed E-state index contributed by atoms with van der Waals surface area (Å²) in [4.78, 5) is 32.5. The van der Waals surface area contributed by atoms with Crippen LogP contribution in [0.5, 0.6) is 5.75 Å². The van der Waals surface area contributed by atoms with Crippen LogP contribution in [0.15, 0.2) is 52.1 Å². The maximum atomic E-state index is 12.6. The van der Waals surface area contributed by atoms with E-state index in [1.54, 1.807) is 30.3 Å². The van der Waals surface area contributed by atoms with Gasteiger partial charge in [0.1, 0.15) is 16.9 Å². The second-order valence-electron chi connectivity index (χ2n) is 5.23. The molecular weight excluding hydrogens is 324 g/mol. The lowest BCUT2D eigenvalue weighted by Gasteiger charge is -2.11. The first-order valence-corrected chi connectivity index (χ1v) is 7.36. The molecule has 0 fully saturated rings. The number of hydrogen-bond acceptors (Lipinski definition) is 7. The van der Waals surface area contributed by atoms with Crippen molar-refractivity contribution in [2.45, 2.75) is 0 Å². The minimum absolute atomic E-state index is 0.0802. The summed E-state index contributed by atoms with van der Waals surface area (Å²) in [5, 5.41) is 2.99. The van der Waals surface area contributed by atoms with E-state index in [9.17, 15) is 9.59 Å². The number of oxazole rings is 1. The molecule has 0 saturated carbocycles. The Kier molecular flexibility index (Phi) is 3.42. The van der Waals surface area contributed by atoms with Gasteiger partial charge >= 0.3 is 0 Å². The van der Waals surface area contributed by atoms with Crippen LogP contribution in [-0.2, 0) is 0 Å². The first-order valence-electron chi connectivity index (χ1n) is 7.36. The van der Waals surface area contributed by atoms with Crippen LogP contribution in [0, 0.1) is 0 Å². The number of methoxy groups -OCH3 is 1. The van der Waals surface area contributed by atoms with Gasteiger partial charge in [-0.2, -0.15) is 0 Å². The number of aromatic nitrogens is 3. The number of pyridine rings is 1. The van der Waals surface area contributed by atoms with Crippen molar-refractivity contribution in [2.24, 2.45) is 0 Å². The molecule has 0 unspecified atom stereocenters. The third kappa shape index (κ3) is 2.40. The fraction of sp³-hybridized carbons (Fsp3) is 0.0588. The molecule has 0 spiro atoms. The van der Waals surface area contributed by atoms with Gasteiger partial charge in [-0.25, -0.2) is 9.97 Å². The lowest BCUT2D eigenvalue weighted by molar-refractivity contribution is 0.112. The molecular formula is C17H12N4O4. The average Bonchev–Trinajstić information content (AvgIpc) is 3.09. The Morgan fingerprint density at radius 1 is 1.32 bits per heavy atom. The molecule has 3 heterocycles. The molecule has 8 heteroatoms. The predicted molar refractivity (Wildman–Crippen MR) is 90.7 cm³/mol. The largest absolute Gasteiger partial charge is 0.493 e. The summed E-state index contributed by atoms with van der Waals surface area (Å²) in [7, 11) is 1.49. The van der Waals surface area contributed by atoms with Gasteiger partial charge in [0.25, 0.3) is 5.56 Å². The summed E-state index contributed by atoms with van der Waals surface area (Å²) in [6.07, 6.45) is 3.36. The van der Waals surface area contributed by atoms with Crippen LogP contribution in [0.2, 0.25) is 0 Å². The smallest absolute Gasteiger partial charge is 0.270 e. The molecule has 25 heavy (non-hydrogen) atoms. The molecule has 3 aromatic heterocycles. The van der Waals surface area contributed by atoms with Crippen molar-refractivity contribution in [1.82, 2.24) is 14.4 Å². The summed E-state index contributed by atoms with van der Waals surface area (Å²) in [6.45, 7) is 0. The highest BCUT2D eigenvalue weighted by Crippen LogP contribution is 2.23. The van der Waals surface area contributed by atoms with Crippen molar-refractivity contribution in [3.63, 3.8) is 0 Å². The second kappa shape index (κ2) is 5.75. The van der Waals surface area contributed by atoms with Crippen molar-refractivity contribution in [2.75, 3.05) is 12.4 Å². The van der Waals surface area contributed by atoms with E-state index >= 15 is 0 Å². The Bertz CT molecular complexity index is 1160. The van der Waals surface area contributed by atoms with Gasteiger partial charge in [0.2, 0.25) is 0 Å². The zero-order chi connectivity index (χ0) is 17.4. The average molecular weight is 336 g/mol. The van der Waals surface area contributed by atoms with E-state index in [0.29, 0.717) is 34.5 Å². The lowest BCUT2D eigenvalue weighted by atomic mass is 10.2. The van der Waals surface area contributed by atoms with E-state index < -0.39 is 5.56 Å². The highest BCUT2D eigenvalue weighted by molar-refractivity contribution is 5.86. The normalized spacial score (nSPS) is 10.9. The quantitative estimate of drug-likeness (QED) is 0.571. The fourth-order valence-corrected chi connectivity index (χ4v) is 2.58. The fourth-order valence-electron chi connectivity index (χ4n) is 2.58. The van der Waals surface area contributed by atoms with Crippen molar-refractivity contribution < 1.29 is 13.9 Å². The van der Waals surface area contributed by atoms with Crippen LogP contribution in [0.3, 0.4) is 0 Å². The van der Waals surface area contributed by atoms with Crippen molar-refractivity contribution >= 4 is 34.5 Å². The van der Waals surface area contributed by atoms with Gasteiger partial charge < -0.3 is 14.5 Å². The van der Waals surface area contributed by atoms with Crippen LogP contribution in [0.4, 0.5) is 11.5 Å². The van der Waals surface area contributed by atoms with Gasteiger partial charge in [0, 0.05) is 18.0 Å². The lowest BCUT2D eigenvalue weighted by Crippen LogP contribution is -2.21. The number of nitrogens with zero attached hydrogens (tertiary/aromatic N) is 3. The monoisotopic (exact) mass is 336 g/mol. The topological polar surface area (TPSA) is 98.7 Å². The van der Waals surface area contributed by atoms with Gasteiger partial charge in [-0.1, -0.05) is 0 Å². The number of ether oxygens (including phenoxy) is 1. The highest BCUT2D eigenvalue weighted by atomic mass is 16.5. The number of fused-ring (bicyclic) bond motifs is 2. The summed E-state index contributed by atoms with van der Waals surface area (Å²) < 4.78 is 11.8. The zero-order valence-corrected chi connectivity index (χ0v) is 13.1. The van der Waals surface area contributed by atoms with Crippen LogP contribution in [0.25, 0.3) is 16.7 Å². The van der Waals surface area contributed by atoms with E-state index in [-0.39, 0.29) is 11.4 Å². The molecule has 0 aliphatic carbocycles. The molecule has 0 aliphatic heterocycles. The maximum Gasteiger partial charge on any atom is 0.270 e. The van der Waals surface area contributed by atoms with Gasteiger partial charge in [-0.15, -0.1) is 0 Å². The Morgan fingerprint density at radius 3 is 3.00 bits per heavy atom. The Morgan fingerprint density at radius 2 is 2.20 bits per heavy atom. The number of rotatable bonds is 4. The molecule has 8 nitrogen and oxygen atoms in total. The molecule has 1 aromatic carbocycles. The van der Waals surface area contributed by atoms with Gasteiger partial charge in [0.05, 0.1) is 7.11 Å². The molecule has 124 valence electrons. The van der Waals surface area contributed by atoms with Crippen molar-refractivity contribution in [3.8, 4) is 5.75 Å². The minimum atomic E-state index is -0.484. The van der Waals surface area contributed by atoms with E-state index in [1.165, 1.54) is 24.1 Å². The first kappa shape index (κ1) is 14.9. The number of benzene rings is 1. The van der Waals surface area contributed by atoms with Gasteiger partial charge in [0.15, 0.2) is 29.7 Å².